The monoisotopic (exact) mass is 845 g/mol. The lowest BCUT2D eigenvalue weighted by Crippen LogP contribution is -2.51. The Bertz CT molecular complexity index is 2390. The van der Waals surface area contributed by atoms with Crippen LogP contribution in [0.3, 0.4) is 0 Å². The molecule has 2 aromatic heterocycles. The fraction of sp³-hybridized carbons (Fsp3) is 0.447. The van der Waals surface area contributed by atoms with E-state index in [2.05, 4.69) is 86.2 Å². The molecule has 2 aliphatic rings. The molecule has 62 heavy (non-hydrogen) atoms. The Labute approximate surface area is 363 Å². The zero-order chi connectivity index (χ0) is 44.2. The number of methoxy groups -OCH3 is 2. The molecule has 15 heteroatoms. The molecule has 0 unspecified atom stereocenters. The summed E-state index contributed by atoms with van der Waals surface area (Å²) in [5.74, 6) is 1.18. The van der Waals surface area contributed by atoms with Gasteiger partial charge in [-0.15, -0.1) is 0 Å². The molecule has 5 atom stereocenters. The van der Waals surface area contributed by atoms with Crippen LogP contribution in [0.1, 0.15) is 70.7 Å². The molecule has 7 rings (SSSR count). The van der Waals surface area contributed by atoms with Crippen molar-refractivity contribution < 1.29 is 28.7 Å². The summed E-state index contributed by atoms with van der Waals surface area (Å²) < 4.78 is 9.60. The number of aromatic amines is 2. The van der Waals surface area contributed by atoms with Crippen LogP contribution in [0.2, 0.25) is 0 Å². The molecule has 4 heterocycles. The molecule has 0 aliphatic carbocycles. The van der Waals surface area contributed by atoms with Crippen molar-refractivity contribution in [1.29, 1.82) is 0 Å². The molecule has 15 nitrogen and oxygen atoms in total. The van der Waals surface area contributed by atoms with E-state index in [1.54, 1.807) is 0 Å². The number of nitrogens with zero attached hydrogens (tertiary/aromatic N) is 5. The average molecular weight is 846 g/mol. The molecule has 5 aromatic rings. The van der Waals surface area contributed by atoms with E-state index in [0.717, 1.165) is 81.9 Å². The topological polar surface area (TPSA) is 178 Å². The third-order valence-electron chi connectivity index (χ3n) is 12.1. The number of H-pyrrole nitrogens is 2. The molecule has 4 amide bonds. The lowest BCUT2D eigenvalue weighted by atomic mass is 9.98. The minimum Gasteiger partial charge on any atom is -0.453 e. The highest BCUT2D eigenvalue weighted by Gasteiger charge is 2.42. The number of alkyl carbamates (subject to hydrolysis) is 2. The van der Waals surface area contributed by atoms with Crippen molar-refractivity contribution >= 4 is 34.8 Å². The van der Waals surface area contributed by atoms with Crippen LogP contribution in [0.5, 0.6) is 0 Å². The SMILES string of the molecule is COC(=O)N[C@H](C(=O)N1CCC[C@H]1c1ncc(-c2ccc3cc(-c4ccc(-c5cnc([C@@H]6C[C@H](CN(C)C)CN6C(=O)[C@@H](NC(=O)OC)C(C)C)[nH]5)cc4)ccc3c2)[nH]1)C(C)C. The van der Waals surface area contributed by atoms with E-state index in [0.29, 0.717) is 13.1 Å². The highest BCUT2D eigenvalue weighted by Crippen LogP contribution is 2.37. The van der Waals surface area contributed by atoms with Gasteiger partial charge in [-0.05, 0) is 90.7 Å². The average Bonchev–Trinajstić information content (AvgIpc) is 4.10. The van der Waals surface area contributed by atoms with Gasteiger partial charge >= 0.3 is 12.2 Å². The second-order valence-corrected chi connectivity index (χ2v) is 17.5. The maximum absolute atomic E-state index is 14.0. The van der Waals surface area contributed by atoms with Gasteiger partial charge in [-0.25, -0.2) is 19.6 Å². The highest BCUT2D eigenvalue weighted by molar-refractivity contribution is 5.91. The molecule has 0 bridgehead atoms. The van der Waals surface area contributed by atoms with Gasteiger partial charge < -0.3 is 44.8 Å². The number of likely N-dealkylation sites (tertiary alicyclic amines) is 2. The van der Waals surface area contributed by atoms with E-state index < -0.39 is 24.3 Å². The van der Waals surface area contributed by atoms with E-state index in [9.17, 15) is 19.2 Å². The van der Waals surface area contributed by atoms with Crippen molar-refractivity contribution in [3.8, 4) is 33.6 Å². The maximum Gasteiger partial charge on any atom is 0.407 e. The lowest BCUT2D eigenvalue weighted by molar-refractivity contribution is -0.136. The molecule has 4 N–H and O–H groups in total. The minimum atomic E-state index is -0.719. The number of ether oxygens (including phenoxy) is 2. The van der Waals surface area contributed by atoms with Gasteiger partial charge in [0.05, 0.1) is 50.1 Å². The van der Waals surface area contributed by atoms with Crippen LogP contribution in [0.4, 0.5) is 9.59 Å². The Hall–Kier alpha value is -6.22. The van der Waals surface area contributed by atoms with Gasteiger partial charge in [0.15, 0.2) is 0 Å². The molecule has 0 saturated carbocycles. The van der Waals surface area contributed by atoms with Crippen molar-refractivity contribution in [3.05, 3.63) is 84.7 Å². The fourth-order valence-corrected chi connectivity index (χ4v) is 8.89. The first-order valence-electron chi connectivity index (χ1n) is 21.4. The number of benzene rings is 3. The van der Waals surface area contributed by atoms with Crippen LogP contribution in [0, 0.1) is 17.8 Å². The van der Waals surface area contributed by atoms with Crippen molar-refractivity contribution in [3.63, 3.8) is 0 Å². The second kappa shape index (κ2) is 18.8. The minimum absolute atomic E-state index is 0.108. The fourth-order valence-electron chi connectivity index (χ4n) is 8.89. The van der Waals surface area contributed by atoms with Gasteiger partial charge in [0.2, 0.25) is 11.8 Å². The Balaban J connectivity index is 1.04. The number of rotatable bonds is 13. The summed E-state index contributed by atoms with van der Waals surface area (Å²) >= 11 is 0. The molecule has 0 spiro atoms. The number of carbonyl (C=O) groups is 4. The van der Waals surface area contributed by atoms with Gasteiger partial charge in [0.25, 0.3) is 0 Å². The molecule has 328 valence electrons. The number of carbonyl (C=O) groups excluding carboxylic acids is 4. The maximum atomic E-state index is 14.0. The molecule has 0 radical (unpaired) electrons. The van der Waals surface area contributed by atoms with Gasteiger partial charge in [-0.2, -0.15) is 0 Å². The van der Waals surface area contributed by atoms with Crippen molar-refractivity contribution in [2.45, 2.75) is 71.1 Å². The predicted octanol–water partition coefficient (Wildman–Crippen LogP) is 7.16. The zero-order valence-corrected chi connectivity index (χ0v) is 36.9. The van der Waals surface area contributed by atoms with Crippen molar-refractivity contribution in [1.82, 2.24) is 45.3 Å². The summed E-state index contributed by atoms with van der Waals surface area (Å²) in [4.78, 5) is 74.1. The van der Waals surface area contributed by atoms with Crippen LogP contribution < -0.4 is 10.6 Å². The van der Waals surface area contributed by atoms with Crippen LogP contribution >= 0.6 is 0 Å². The predicted molar refractivity (Wildman–Crippen MR) is 238 cm³/mol. The Kier molecular flexibility index (Phi) is 13.3. The van der Waals surface area contributed by atoms with Gasteiger partial charge in [0, 0.05) is 25.2 Å². The number of imidazole rings is 2. The van der Waals surface area contributed by atoms with Crippen molar-refractivity contribution in [2.75, 3.05) is 47.9 Å². The normalized spacial score (nSPS) is 18.7. The standard InChI is InChI=1S/C47H59N9O6/c1-27(2)40(52-46(59)61-7)44(57)55-19-9-10-38(55)42-48-24-37(51-42)35-18-17-33-21-32(15-16-34(33)22-35)30-11-13-31(14-12-30)36-23-49-43(50-36)39-20-29(25-54(5)6)26-56(39)45(58)41(28(3)4)53-47(60)62-8/h11-18,21-24,27-29,38-41H,9-10,19-20,25-26H2,1-8H3,(H,48,51)(H,49,50)(H,52,59)(H,53,60)/t29-,38+,39+,40+,41+/m1/s1. The molecular formula is C47H59N9O6. The first kappa shape index (κ1) is 43.9. The summed E-state index contributed by atoms with van der Waals surface area (Å²) in [7, 11) is 6.66. The number of hydrogen-bond donors (Lipinski definition) is 4. The summed E-state index contributed by atoms with van der Waals surface area (Å²) in [6.07, 6.45) is 4.78. The third-order valence-corrected chi connectivity index (χ3v) is 12.1. The zero-order valence-electron chi connectivity index (χ0n) is 36.9. The van der Waals surface area contributed by atoms with E-state index in [1.165, 1.54) is 14.2 Å². The highest BCUT2D eigenvalue weighted by atomic mass is 16.5. The molecule has 3 aromatic carbocycles. The number of hydrogen-bond acceptors (Lipinski definition) is 9. The second-order valence-electron chi connectivity index (χ2n) is 17.5. The number of aromatic nitrogens is 4. The smallest absolute Gasteiger partial charge is 0.407 e. The number of nitrogens with one attached hydrogen (secondary N) is 4. The summed E-state index contributed by atoms with van der Waals surface area (Å²) in [5.41, 5.74) is 5.86. The Morgan fingerprint density at radius 3 is 1.77 bits per heavy atom. The molecule has 2 saturated heterocycles. The quantitative estimate of drug-likeness (QED) is 0.0958. The van der Waals surface area contributed by atoms with Gasteiger partial charge in [-0.1, -0.05) is 76.2 Å². The summed E-state index contributed by atoms with van der Waals surface area (Å²) in [6, 6.07) is 19.3. The first-order chi connectivity index (χ1) is 29.7. The lowest BCUT2D eigenvalue weighted by Gasteiger charge is -2.30. The van der Waals surface area contributed by atoms with E-state index in [1.807, 2.05) is 64.0 Å². The largest absolute Gasteiger partial charge is 0.453 e. The van der Waals surface area contributed by atoms with Gasteiger partial charge in [-0.3, -0.25) is 9.59 Å². The molecule has 2 aliphatic heterocycles. The van der Waals surface area contributed by atoms with E-state index >= 15 is 0 Å². The van der Waals surface area contributed by atoms with Crippen LogP contribution in [0.15, 0.2) is 73.1 Å². The first-order valence-corrected chi connectivity index (χ1v) is 21.4. The van der Waals surface area contributed by atoms with Crippen LogP contribution in [-0.2, 0) is 19.1 Å². The van der Waals surface area contributed by atoms with Crippen LogP contribution in [0.25, 0.3) is 44.4 Å². The summed E-state index contributed by atoms with van der Waals surface area (Å²) in [6.45, 7) is 9.63. The third kappa shape index (κ3) is 9.47. The van der Waals surface area contributed by atoms with E-state index in [4.69, 9.17) is 19.4 Å². The summed E-state index contributed by atoms with van der Waals surface area (Å²) in [5, 5.41) is 7.64. The van der Waals surface area contributed by atoms with Crippen LogP contribution in [-0.4, -0.2) is 119 Å². The number of fused-ring (bicyclic) bond motifs is 1. The molecular weight excluding hydrogens is 787 g/mol. The molecule has 2 fully saturated rings. The Morgan fingerprint density at radius 2 is 1.21 bits per heavy atom. The number of amides is 4. The Morgan fingerprint density at radius 1 is 0.710 bits per heavy atom. The van der Waals surface area contributed by atoms with Gasteiger partial charge in [0.1, 0.15) is 23.7 Å². The van der Waals surface area contributed by atoms with E-state index in [-0.39, 0.29) is 41.7 Å². The van der Waals surface area contributed by atoms with Crippen molar-refractivity contribution in [2.24, 2.45) is 17.8 Å².